The van der Waals surface area contributed by atoms with Gasteiger partial charge in [0.2, 0.25) is 17.2 Å². The SMILES string of the molecule is CCCN1CCN(c2nc(Cl)nc(N3CCCC3)n2)CC1. The third kappa shape index (κ3) is 3.55. The van der Waals surface area contributed by atoms with Gasteiger partial charge in [-0.25, -0.2) is 0 Å². The van der Waals surface area contributed by atoms with Crippen LogP contribution in [0.25, 0.3) is 0 Å². The first-order valence-electron chi connectivity index (χ1n) is 7.90. The Morgan fingerprint density at radius 3 is 2.00 bits per heavy atom. The van der Waals surface area contributed by atoms with Gasteiger partial charge in [-0.3, -0.25) is 4.90 Å². The molecule has 0 saturated carbocycles. The highest BCUT2D eigenvalue weighted by molar-refractivity contribution is 6.28. The predicted molar refractivity (Wildman–Crippen MR) is 85.2 cm³/mol. The van der Waals surface area contributed by atoms with Gasteiger partial charge in [0.1, 0.15) is 0 Å². The number of halogens is 1. The normalized spacial score (nSPS) is 20.3. The quantitative estimate of drug-likeness (QED) is 0.843. The van der Waals surface area contributed by atoms with Crippen LogP contribution < -0.4 is 9.80 Å². The van der Waals surface area contributed by atoms with Crippen LogP contribution in [0.4, 0.5) is 11.9 Å². The van der Waals surface area contributed by atoms with Gasteiger partial charge in [0, 0.05) is 39.3 Å². The van der Waals surface area contributed by atoms with Crippen LogP contribution in [0.2, 0.25) is 5.28 Å². The fraction of sp³-hybridized carbons (Fsp3) is 0.786. The summed E-state index contributed by atoms with van der Waals surface area (Å²) < 4.78 is 0. The molecule has 2 saturated heterocycles. The van der Waals surface area contributed by atoms with Crippen molar-refractivity contribution in [2.75, 3.05) is 55.6 Å². The van der Waals surface area contributed by atoms with Gasteiger partial charge >= 0.3 is 0 Å². The van der Waals surface area contributed by atoms with Gasteiger partial charge in [-0.15, -0.1) is 0 Å². The van der Waals surface area contributed by atoms with Crippen molar-refractivity contribution < 1.29 is 0 Å². The van der Waals surface area contributed by atoms with E-state index in [0.717, 1.165) is 51.2 Å². The molecule has 0 amide bonds. The van der Waals surface area contributed by atoms with Crippen molar-refractivity contribution in [2.45, 2.75) is 26.2 Å². The number of hydrogen-bond donors (Lipinski definition) is 0. The predicted octanol–water partition coefficient (Wildman–Crippen LogP) is 1.66. The number of nitrogens with zero attached hydrogens (tertiary/aromatic N) is 6. The van der Waals surface area contributed by atoms with E-state index in [2.05, 4.69) is 36.6 Å². The van der Waals surface area contributed by atoms with Crippen LogP contribution in [-0.2, 0) is 0 Å². The molecule has 1 aromatic rings. The fourth-order valence-electron chi connectivity index (χ4n) is 3.02. The smallest absolute Gasteiger partial charge is 0.231 e. The maximum absolute atomic E-state index is 6.10. The van der Waals surface area contributed by atoms with E-state index in [1.54, 1.807) is 0 Å². The summed E-state index contributed by atoms with van der Waals surface area (Å²) in [6.45, 7) is 9.48. The van der Waals surface area contributed by atoms with Crippen molar-refractivity contribution in [1.29, 1.82) is 0 Å². The van der Waals surface area contributed by atoms with Gasteiger partial charge in [0.05, 0.1) is 0 Å². The van der Waals surface area contributed by atoms with Crippen LogP contribution in [0.5, 0.6) is 0 Å². The Hall–Kier alpha value is -1.14. The van der Waals surface area contributed by atoms with Crippen molar-refractivity contribution in [3.05, 3.63) is 5.28 Å². The Kier molecular flexibility index (Phi) is 4.75. The van der Waals surface area contributed by atoms with Gasteiger partial charge in [-0.2, -0.15) is 15.0 Å². The van der Waals surface area contributed by atoms with Gasteiger partial charge in [-0.1, -0.05) is 6.92 Å². The summed E-state index contributed by atoms with van der Waals surface area (Å²) in [5.74, 6) is 1.46. The average Bonchev–Trinajstić information content (AvgIpc) is 3.02. The lowest BCUT2D eigenvalue weighted by Crippen LogP contribution is -2.47. The van der Waals surface area contributed by atoms with E-state index in [4.69, 9.17) is 11.6 Å². The fourth-order valence-corrected chi connectivity index (χ4v) is 3.17. The van der Waals surface area contributed by atoms with Crippen molar-refractivity contribution in [3.63, 3.8) is 0 Å². The molecule has 3 heterocycles. The monoisotopic (exact) mass is 310 g/mol. The maximum Gasteiger partial charge on any atom is 0.231 e. The highest BCUT2D eigenvalue weighted by Crippen LogP contribution is 2.21. The summed E-state index contributed by atoms with van der Waals surface area (Å²) in [5, 5.41) is 0.304. The molecule has 2 aliphatic heterocycles. The summed E-state index contributed by atoms with van der Waals surface area (Å²) in [6, 6.07) is 0. The van der Waals surface area contributed by atoms with E-state index in [1.807, 2.05) is 0 Å². The van der Waals surface area contributed by atoms with E-state index in [9.17, 15) is 0 Å². The lowest BCUT2D eigenvalue weighted by atomic mass is 10.3. The standard InChI is InChI=1S/C14H23ClN6/c1-2-5-19-8-10-21(11-9-19)14-17-12(15)16-13(18-14)20-6-3-4-7-20/h2-11H2,1H3. The van der Waals surface area contributed by atoms with Gasteiger partial charge in [-0.05, 0) is 37.4 Å². The van der Waals surface area contributed by atoms with Crippen LogP contribution >= 0.6 is 11.6 Å². The molecule has 0 aliphatic carbocycles. The van der Waals surface area contributed by atoms with Gasteiger partial charge in [0.15, 0.2) is 0 Å². The Morgan fingerprint density at radius 1 is 0.857 bits per heavy atom. The van der Waals surface area contributed by atoms with Crippen LogP contribution in [0.15, 0.2) is 0 Å². The third-order valence-electron chi connectivity index (χ3n) is 4.17. The molecular weight excluding hydrogens is 288 g/mol. The van der Waals surface area contributed by atoms with Gasteiger partial charge in [0.25, 0.3) is 0 Å². The molecule has 0 aromatic carbocycles. The largest absolute Gasteiger partial charge is 0.341 e. The van der Waals surface area contributed by atoms with Crippen molar-refractivity contribution in [2.24, 2.45) is 0 Å². The summed E-state index contributed by atoms with van der Waals surface area (Å²) in [7, 11) is 0. The topological polar surface area (TPSA) is 48.4 Å². The molecule has 2 aliphatic rings. The molecule has 0 N–H and O–H groups in total. The average molecular weight is 311 g/mol. The molecule has 2 fully saturated rings. The minimum absolute atomic E-state index is 0.304. The Labute approximate surface area is 131 Å². The lowest BCUT2D eigenvalue weighted by Gasteiger charge is -2.34. The summed E-state index contributed by atoms with van der Waals surface area (Å²) in [4.78, 5) is 20.2. The Bertz CT molecular complexity index is 469. The highest BCUT2D eigenvalue weighted by atomic mass is 35.5. The molecule has 21 heavy (non-hydrogen) atoms. The maximum atomic E-state index is 6.10. The van der Waals surface area contributed by atoms with Crippen LogP contribution in [0, 0.1) is 0 Å². The summed E-state index contributed by atoms with van der Waals surface area (Å²) in [6.07, 6.45) is 3.61. The van der Waals surface area contributed by atoms with Crippen LogP contribution in [0.1, 0.15) is 26.2 Å². The second kappa shape index (κ2) is 6.75. The van der Waals surface area contributed by atoms with E-state index in [-0.39, 0.29) is 0 Å². The van der Waals surface area contributed by atoms with Crippen molar-refractivity contribution in [1.82, 2.24) is 19.9 Å². The van der Waals surface area contributed by atoms with Gasteiger partial charge < -0.3 is 9.80 Å². The molecule has 6 nitrogen and oxygen atoms in total. The van der Waals surface area contributed by atoms with Crippen molar-refractivity contribution >= 4 is 23.5 Å². The Balaban J connectivity index is 1.70. The summed E-state index contributed by atoms with van der Waals surface area (Å²) in [5.41, 5.74) is 0. The second-order valence-corrected chi connectivity index (χ2v) is 6.07. The molecule has 116 valence electrons. The first-order chi connectivity index (χ1) is 10.3. The minimum Gasteiger partial charge on any atom is -0.341 e. The molecule has 7 heteroatoms. The number of rotatable bonds is 4. The van der Waals surface area contributed by atoms with E-state index in [0.29, 0.717) is 5.28 Å². The molecule has 0 spiro atoms. The molecule has 3 rings (SSSR count). The molecule has 0 atom stereocenters. The molecule has 0 bridgehead atoms. The highest BCUT2D eigenvalue weighted by Gasteiger charge is 2.22. The van der Waals surface area contributed by atoms with E-state index >= 15 is 0 Å². The number of anilines is 2. The molecular formula is C14H23ClN6. The minimum atomic E-state index is 0.304. The first kappa shape index (κ1) is 14.8. The molecule has 0 radical (unpaired) electrons. The zero-order valence-electron chi connectivity index (χ0n) is 12.6. The second-order valence-electron chi connectivity index (χ2n) is 5.73. The van der Waals surface area contributed by atoms with E-state index in [1.165, 1.54) is 25.8 Å². The van der Waals surface area contributed by atoms with Crippen LogP contribution in [0.3, 0.4) is 0 Å². The Morgan fingerprint density at radius 2 is 1.43 bits per heavy atom. The number of piperazine rings is 1. The molecule has 1 aromatic heterocycles. The third-order valence-corrected chi connectivity index (χ3v) is 4.34. The lowest BCUT2D eigenvalue weighted by molar-refractivity contribution is 0.257. The van der Waals surface area contributed by atoms with E-state index < -0.39 is 0 Å². The number of aromatic nitrogens is 3. The van der Waals surface area contributed by atoms with Crippen LogP contribution in [-0.4, -0.2) is 65.7 Å². The van der Waals surface area contributed by atoms with Crippen molar-refractivity contribution in [3.8, 4) is 0 Å². The first-order valence-corrected chi connectivity index (χ1v) is 8.28. The molecule has 0 unspecified atom stereocenters. The number of hydrogen-bond acceptors (Lipinski definition) is 6. The zero-order valence-corrected chi connectivity index (χ0v) is 13.4. The summed E-state index contributed by atoms with van der Waals surface area (Å²) >= 11 is 6.10. The zero-order chi connectivity index (χ0) is 14.7.